The van der Waals surface area contributed by atoms with Crippen molar-refractivity contribution in [1.82, 2.24) is 9.80 Å². The normalized spacial score (nSPS) is 11.0. The van der Waals surface area contributed by atoms with Crippen LogP contribution in [0.3, 0.4) is 0 Å². The summed E-state index contributed by atoms with van der Waals surface area (Å²) in [5.41, 5.74) is 2.58. The van der Waals surface area contributed by atoms with Crippen molar-refractivity contribution < 1.29 is 9.31 Å². The Morgan fingerprint density at radius 3 is 1.22 bits per heavy atom. The Bertz CT molecular complexity index is 581. The molecule has 0 unspecified atom stereocenters. The molecule has 27 heavy (non-hydrogen) atoms. The second-order valence-corrected chi connectivity index (χ2v) is 6.54. The molecule has 0 aliphatic rings. The maximum Gasteiger partial charge on any atom is 0.658 e. The Balaban J connectivity index is 1.77. The van der Waals surface area contributed by atoms with Gasteiger partial charge in [-0.3, -0.25) is 9.80 Å². The molecule has 2 rings (SSSR count). The Labute approximate surface area is 165 Å². The van der Waals surface area contributed by atoms with Crippen molar-refractivity contribution in [2.24, 2.45) is 0 Å². The van der Waals surface area contributed by atoms with Gasteiger partial charge in [-0.1, -0.05) is 52.0 Å². The van der Waals surface area contributed by atoms with E-state index in [1.54, 1.807) is 0 Å². The summed E-state index contributed by atoms with van der Waals surface area (Å²) >= 11 is 0. The van der Waals surface area contributed by atoms with Gasteiger partial charge in [0, 0.05) is 13.1 Å². The van der Waals surface area contributed by atoms with E-state index >= 15 is 0 Å². The molecule has 2 aromatic carbocycles. The third-order valence-electron chi connectivity index (χ3n) is 4.82. The number of nitrogens with zero attached hydrogens (tertiary/aromatic N) is 2. The molecule has 145 valence electrons. The zero-order valence-corrected chi connectivity index (χ0v) is 17.1. The molecule has 0 heterocycles. The van der Waals surface area contributed by atoms with Crippen LogP contribution in [0.25, 0.3) is 0 Å². The highest BCUT2D eigenvalue weighted by Crippen LogP contribution is 2.16. The number of hydrogen-bond donors (Lipinski definition) is 0. The average Bonchev–Trinajstić information content (AvgIpc) is 2.72. The van der Waals surface area contributed by atoms with Crippen LogP contribution >= 0.6 is 0 Å². The molecule has 1 radical (unpaired) electrons. The van der Waals surface area contributed by atoms with Gasteiger partial charge in [-0.25, -0.2) is 0 Å². The smallest absolute Gasteiger partial charge is 0.526 e. The van der Waals surface area contributed by atoms with E-state index in [1.807, 2.05) is 24.3 Å². The fourth-order valence-electron chi connectivity index (χ4n) is 2.89. The summed E-state index contributed by atoms with van der Waals surface area (Å²) in [7, 11) is 1.39. The first-order valence-electron chi connectivity index (χ1n) is 9.96. The first-order valence-corrected chi connectivity index (χ1v) is 9.96. The van der Waals surface area contributed by atoms with Crippen molar-refractivity contribution >= 4 is 7.69 Å². The van der Waals surface area contributed by atoms with Gasteiger partial charge in [0.1, 0.15) is 11.5 Å². The minimum absolute atomic E-state index is 0.774. The van der Waals surface area contributed by atoms with Gasteiger partial charge < -0.3 is 9.31 Å². The maximum absolute atomic E-state index is 5.58. The van der Waals surface area contributed by atoms with Crippen molar-refractivity contribution in [3.8, 4) is 11.5 Å². The molecule has 2 aromatic rings. The summed E-state index contributed by atoms with van der Waals surface area (Å²) in [6.07, 6.45) is 0. The van der Waals surface area contributed by atoms with Crippen LogP contribution in [-0.4, -0.2) is 43.7 Å². The van der Waals surface area contributed by atoms with Crippen LogP contribution in [-0.2, 0) is 13.1 Å². The molecule has 0 saturated heterocycles. The Kier molecular flexibility index (Phi) is 9.22. The summed E-state index contributed by atoms with van der Waals surface area (Å²) in [4.78, 5) is 4.77. The van der Waals surface area contributed by atoms with Gasteiger partial charge in [-0.15, -0.1) is 0 Å². The van der Waals surface area contributed by atoms with Crippen molar-refractivity contribution in [2.45, 2.75) is 40.8 Å². The van der Waals surface area contributed by atoms with Crippen molar-refractivity contribution in [1.29, 1.82) is 0 Å². The molecule has 0 saturated carbocycles. The van der Waals surface area contributed by atoms with Crippen LogP contribution in [0.2, 0.25) is 0 Å². The van der Waals surface area contributed by atoms with Crippen molar-refractivity contribution in [3.63, 3.8) is 0 Å². The number of rotatable bonds is 12. The second-order valence-electron chi connectivity index (χ2n) is 6.54. The summed E-state index contributed by atoms with van der Waals surface area (Å²) in [6, 6.07) is 16.3. The zero-order valence-electron chi connectivity index (χ0n) is 17.1. The molecule has 0 N–H and O–H groups in total. The SMILES string of the molecule is CCN(CC)Cc1ccc(O[B]Oc2ccc(CN(CC)CC)cc2)cc1. The third kappa shape index (κ3) is 7.27. The Morgan fingerprint density at radius 2 is 0.926 bits per heavy atom. The lowest BCUT2D eigenvalue weighted by Gasteiger charge is -2.18. The first-order chi connectivity index (χ1) is 13.2. The predicted octanol–water partition coefficient (Wildman–Crippen LogP) is 4.36. The molecule has 0 aliphatic heterocycles. The molecule has 0 bridgehead atoms. The summed E-state index contributed by atoms with van der Waals surface area (Å²) < 4.78 is 11.2. The lowest BCUT2D eigenvalue weighted by Crippen LogP contribution is -2.22. The quantitative estimate of drug-likeness (QED) is 0.521. The van der Waals surface area contributed by atoms with E-state index < -0.39 is 0 Å². The summed E-state index contributed by atoms with van der Waals surface area (Å²) in [6.45, 7) is 14.9. The third-order valence-corrected chi connectivity index (χ3v) is 4.82. The van der Waals surface area contributed by atoms with E-state index in [1.165, 1.54) is 18.8 Å². The molecule has 0 aliphatic carbocycles. The molecule has 0 aromatic heterocycles. The molecule has 4 nitrogen and oxygen atoms in total. The molecule has 0 amide bonds. The Morgan fingerprint density at radius 1 is 0.593 bits per heavy atom. The first kappa shape index (κ1) is 21.3. The fourth-order valence-corrected chi connectivity index (χ4v) is 2.89. The van der Waals surface area contributed by atoms with Gasteiger partial charge >= 0.3 is 7.69 Å². The monoisotopic (exact) mass is 367 g/mol. The van der Waals surface area contributed by atoms with E-state index in [-0.39, 0.29) is 0 Å². The topological polar surface area (TPSA) is 24.9 Å². The van der Waals surface area contributed by atoms with Crippen LogP contribution in [0.4, 0.5) is 0 Å². The molecular weight excluding hydrogens is 335 g/mol. The van der Waals surface area contributed by atoms with Crippen molar-refractivity contribution in [3.05, 3.63) is 59.7 Å². The standard InChI is InChI=1S/C22H32BN2O2/c1-5-24(6-2)17-19-9-13-21(14-10-19)26-23-27-22-15-11-20(12-16-22)18-25(7-3)8-4/h9-16H,5-8,17-18H2,1-4H3. The highest BCUT2D eigenvalue weighted by molar-refractivity contribution is 6.20. The van der Waals surface area contributed by atoms with Crippen molar-refractivity contribution in [2.75, 3.05) is 26.2 Å². The maximum atomic E-state index is 5.58. The second kappa shape index (κ2) is 11.7. The molecule has 5 heteroatoms. The van der Waals surface area contributed by atoms with E-state index in [4.69, 9.17) is 9.31 Å². The lowest BCUT2D eigenvalue weighted by molar-refractivity contribution is 0.296. The van der Waals surface area contributed by atoms with Crippen LogP contribution in [0, 0.1) is 0 Å². The molecule has 0 atom stereocenters. The predicted molar refractivity (Wildman–Crippen MR) is 113 cm³/mol. The van der Waals surface area contributed by atoms with Crippen LogP contribution in [0.1, 0.15) is 38.8 Å². The molecular formula is C22H32BN2O2. The van der Waals surface area contributed by atoms with Crippen LogP contribution in [0.15, 0.2) is 48.5 Å². The highest BCUT2D eigenvalue weighted by Gasteiger charge is 2.05. The lowest BCUT2D eigenvalue weighted by atomic mass is 10.2. The van der Waals surface area contributed by atoms with Crippen LogP contribution < -0.4 is 9.31 Å². The van der Waals surface area contributed by atoms with E-state index in [0.717, 1.165) is 50.8 Å². The largest absolute Gasteiger partial charge is 0.658 e. The minimum atomic E-state index is 0.774. The van der Waals surface area contributed by atoms with E-state index in [9.17, 15) is 0 Å². The number of benzene rings is 2. The van der Waals surface area contributed by atoms with Gasteiger partial charge in [0.25, 0.3) is 0 Å². The number of hydrogen-bond acceptors (Lipinski definition) is 4. The van der Waals surface area contributed by atoms with E-state index in [2.05, 4.69) is 61.8 Å². The summed E-state index contributed by atoms with van der Waals surface area (Å²) in [5.74, 6) is 1.55. The van der Waals surface area contributed by atoms with E-state index in [0.29, 0.717) is 0 Å². The van der Waals surface area contributed by atoms with Gasteiger partial charge in [0.15, 0.2) is 0 Å². The highest BCUT2D eigenvalue weighted by atomic mass is 16.6. The summed E-state index contributed by atoms with van der Waals surface area (Å²) in [5, 5.41) is 0. The fraction of sp³-hybridized carbons (Fsp3) is 0.455. The zero-order chi connectivity index (χ0) is 19.5. The Hall–Kier alpha value is -1.98. The van der Waals surface area contributed by atoms with Gasteiger partial charge in [-0.05, 0) is 61.6 Å². The van der Waals surface area contributed by atoms with Gasteiger partial charge in [0.05, 0.1) is 0 Å². The van der Waals surface area contributed by atoms with Gasteiger partial charge in [0.2, 0.25) is 0 Å². The molecule has 0 fully saturated rings. The van der Waals surface area contributed by atoms with Crippen LogP contribution in [0.5, 0.6) is 11.5 Å². The average molecular weight is 367 g/mol. The minimum Gasteiger partial charge on any atom is -0.526 e. The molecule has 0 spiro atoms. The van der Waals surface area contributed by atoms with Gasteiger partial charge in [-0.2, -0.15) is 0 Å².